The Labute approximate surface area is 173 Å². The van der Waals surface area contributed by atoms with Gasteiger partial charge < -0.3 is 10.1 Å². The number of ether oxygens (including phenoxy) is 1. The number of benzene rings is 2. The van der Waals surface area contributed by atoms with Crippen LogP contribution in [0.1, 0.15) is 48.5 Å². The van der Waals surface area contributed by atoms with Crippen LogP contribution in [-0.2, 0) is 11.3 Å². The van der Waals surface area contributed by atoms with Crippen LogP contribution >= 0.6 is 0 Å². The lowest BCUT2D eigenvalue weighted by Crippen LogP contribution is -2.32. The standard InChI is InChI=1S/C24H30N2O3/c1-18-13-15-26(16-14-18)17-19-3-7-21(8-4-19)25-24(28)12-11-23(27)20-5-9-22(29-2)10-6-20/h3-10,18H,11-17H2,1-2H3,(H,25,28). The van der Waals surface area contributed by atoms with Crippen molar-refractivity contribution in [2.24, 2.45) is 5.92 Å². The minimum Gasteiger partial charge on any atom is -0.497 e. The predicted octanol–water partition coefficient (Wildman–Crippen LogP) is 4.53. The fourth-order valence-corrected chi connectivity index (χ4v) is 3.54. The maximum absolute atomic E-state index is 12.2. The molecule has 29 heavy (non-hydrogen) atoms. The van der Waals surface area contributed by atoms with Crippen molar-refractivity contribution < 1.29 is 14.3 Å². The molecule has 5 heteroatoms. The summed E-state index contributed by atoms with van der Waals surface area (Å²) in [5.74, 6) is 1.34. The van der Waals surface area contributed by atoms with Gasteiger partial charge in [-0.2, -0.15) is 0 Å². The van der Waals surface area contributed by atoms with Gasteiger partial charge in [0.15, 0.2) is 5.78 Å². The van der Waals surface area contributed by atoms with Gasteiger partial charge in [0.2, 0.25) is 5.91 Å². The highest BCUT2D eigenvalue weighted by atomic mass is 16.5. The van der Waals surface area contributed by atoms with Gasteiger partial charge in [-0.3, -0.25) is 14.5 Å². The fraction of sp³-hybridized carbons (Fsp3) is 0.417. The van der Waals surface area contributed by atoms with Crippen LogP contribution in [0.25, 0.3) is 0 Å². The predicted molar refractivity (Wildman–Crippen MR) is 115 cm³/mol. The highest BCUT2D eigenvalue weighted by molar-refractivity contribution is 6.00. The Hall–Kier alpha value is -2.66. The van der Waals surface area contributed by atoms with Crippen molar-refractivity contribution in [1.82, 2.24) is 4.90 Å². The van der Waals surface area contributed by atoms with E-state index in [1.54, 1.807) is 31.4 Å². The van der Waals surface area contributed by atoms with Crippen LogP contribution in [0.5, 0.6) is 5.75 Å². The van der Waals surface area contributed by atoms with E-state index in [9.17, 15) is 9.59 Å². The van der Waals surface area contributed by atoms with E-state index < -0.39 is 0 Å². The van der Waals surface area contributed by atoms with Gasteiger partial charge in [-0.15, -0.1) is 0 Å². The van der Waals surface area contributed by atoms with Gasteiger partial charge in [0, 0.05) is 30.6 Å². The number of likely N-dealkylation sites (tertiary alicyclic amines) is 1. The lowest BCUT2D eigenvalue weighted by molar-refractivity contribution is -0.116. The Bertz CT molecular complexity index is 807. The van der Waals surface area contributed by atoms with Crippen LogP contribution in [0, 0.1) is 5.92 Å². The molecule has 154 valence electrons. The SMILES string of the molecule is COc1ccc(C(=O)CCC(=O)Nc2ccc(CN3CCC(C)CC3)cc2)cc1. The summed E-state index contributed by atoms with van der Waals surface area (Å²) in [6.07, 6.45) is 2.88. The second kappa shape index (κ2) is 10.2. The van der Waals surface area contributed by atoms with Crippen molar-refractivity contribution in [3.05, 3.63) is 59.7 Å². The number of hydrogen-bond donors (Lipinski definition) is 1. The van der Waals surface area contributed by atoms with E-state index in [0.29, 0.717) is 11.3 Å². The summed E-state index contributed by atoms with van der Waals surface area (Å²) in [5.41, 5.74) is 2.62. The molecule has 2 aromatic rings. The van der Waals surface area contributed by atoms with E-state index in [1.165, 1.54) is 18.4 Å². The topological polar surface area (TPSA) is 58.6 Å². The smallest absolute Gasteiger partial charge is 0.224 e. The molecule has 5 nitrogen and oxygen atoms in total. The minimum absolute atomic E-state index is 0.0472. The molecular weight excluding hydrogens is 364 g/mol. The molecule has 1 saturated heterocycles. The zero-order valence-corrected chi connectivity index (χ0v) is 17.3. The first kappa shape index (κ1) is 21.1. The molecule has 2 aromatic carbocycles. The molecule has 0 aromatic heterocycles. The molecule has 0 radical (unpaired) electrons. The van der Waals surface area contributed by atoms with Gasteiger partial charge >= 0.3 is 0 Å². The number of methoxy groups -OCH3 is 1. The fourth-order valence-electron chi connectivity index (χ4n) is 3.54. The molecule has 1 heterocycles. The highest BCUT2D eigenvalue weighted by Gasteiger charge is 2.15. The molecule has 0 unspecified atom stereocenters. The normalized spacial score (nSPS) is 15.1. The molecule has 3 rings (SSSR count). The van der Waals surface area contributed by atoms with Gasteiger partial charge in [0.05, 0.1) is 7.11 Å². The van der Waals surface area contributed by atoms with Crippen molar-refractivity contribution >= 4 is 17.4 Å². The maximum atomic E-state index is 12.2. The van der Waals surface area contributed by atoms with E-state index in [4.69, 9.17) is 4.74 Å². The summed E-state index contributed by atoms with van der Waals surface area (Å²) < 4.78 is 5.09. The summed E-state index contributed by atoms with van der Waals surface area (Å²) in [5, 5.41) is 2.88. The van der Waals surface area contributed by atoms with E-state index in [1.807, 2.05) is 12.1 Å². The Balaban J connectivity index is 1.43. The molecule has 0 spiro atoms. The molecular formula is C24H30N2O3. The Morgan fingerprint density at radius 2 is 1.66 bits per heavy atom. The maximum Gasteiger partial charge on any atom is 0.224 e. The summed E-state index contributed by atoms with van der Waals surface area (Å²) in [7, 11) is 1.59. The van der Waals surface area contributed by atoms with Crippen molar-refractivity contribution in [3.8, 4) is 5.75 Å². The number of carbonyl (C=O) groups excluding carboxylic acids is 2. The third-order valence-corrected chi connectivity index (χ3v) is 5.51. The van der Waals surface area contributed by atoms with E-state index in [2.05, 4.69) is 29.3 Å². The van der Waals surface area contributed by atoms with Crippen molar-refractivity contribution in [1.29, 1.82) is 0 Å². The first-order valence-electron chi connectivity index (χ1n) is 10.3. The largest absolute Gasteiger partial charge is 0.497 e. The van der Waals surface area contributed by atoms with Gasteiger partial charge in [-0.1, -0.05) is 19.1 Å². The zero-order valence-electron chi connectivity index (χ0n) is 17.3. The van der Waals surface area contributed by atoms with Gasteiger partial charge in [-0.05, 0) is 73.8 Å². The third kappa shape index (κ3) is 6.43. The summed E-state index contributed by atoms with van der Waals surface area (Å²) in [6, 6.07) is 14.9. The number of ketones is 1. The number of piperidine rings is 1. The first-order valence-corrected chi connectivity index (χ1v) is 10.3. The molecule has 0 bridgehead atoms. The van der Waals surface area contributed by atoms with Gasteiger partial charge in [0.1, 0.15) is 5.75 Å². The molecule has 1 N–H and O–H groups in total. The van der Waals surface area contributed by atoms with Crippen LogP contribution in [-0.4, -0.2) is 36.8 Å². The summed E-state index contributed by atoms with van der Waals surface area (Å²) in [4.78, 5) is 26.9. The third-order valence-electron chi connectivity index (χ3n) is 5.51. The van der Waals surface area contributed by atoms with Crippen molar-refractivity contribution in [3.63, 3.8) is 0 Å². The molecule has 1 fully saturated rings. The lowest BCUT2D eigenvalue weighted by Gasteiger charge is -2.30. The summed E-state index contributed by atoms with van der Waals surface area (Å²) >= 11 is 0. The quantitative estimate of drug-likeness (QED) is 0.669. The van der Waals surface area contributed by atoms with Gasteiger partial charge in [0.25, 0.3) is 0 Å². The van der Waals surface area contributed by atoms with Crippen molar-refractivity contribution in [2.75, 3.05) is 25.5 Å². The Kier molecular flexibility index (Phi) is 7.42. The molecule has 1 amide bonds. The number of Topliss-reactive ketones (excluding diaryl/α,β-unsaturated/α-hetero) is 1. The summed E-state index contributed by atoms with van der Waals surface area (Å²) in [6.45, 7) is 5.58. The molecule has 0 saturated carbocycles. The number of amides is 1. The average molecular weight is 395 g/mol. The van der Waals surface area contributed by atoms with Crippen LogP contribution < -0.4 is 10.1 Å². The van der Waals surface area contributed by atoms with Gasteiger partial charge in [-0.25, -0.2) is 0 Å². The van der Waals surface area contributed by atoms with Crippen LogP contribution in [0.3, 0.4) is 0 Å². The van der Waals surface area contributed by atoms with E-state index >= 15 is 0 Å². The molecule has 0 atom stereocenters. The highest BCUT2D eigenvalue weighted by Crippen LogP contribution is 2.19. The number of nitrogens with one attached hydrogen (secondary N) is 1. The van der Waals surface area contributed by atoms with E-state index in [0.717, 1.165) is 31.2 Å². The minimum atomic E-state index is -0.148. The van der Waals surface area contributed by atoms with Crippen molar-refractivity contribution in [2.45, 2.75) is 39.2 Å². The Morgan fingerprint density at radius 1 is 1.00 bits per heavy atom. The number of carbonyl (C=O) groups is 2. The van der Waals surface area contributed by atoms with Crippen LogP contribution in [0.15, 0.2) is 48.5 Å². The lowest BCUT2D eigenvalue weighted by atomic mass is 9.99. The second-order valence-corrected chi connectivity index (χ2v) is 7.86. The van der Waals surface area contributed by atoms with E-state index in [-0.39, 0.29) is 24.5 Å². The molecule has 1 aliphatic heterocycles. The average Bonchev–Trinajstić information content (AvgIpc) is 2.75. The zero-order chi connectivity index (χ0) is 20.6. The van der Waals surface area contributed by atoms with Crippen LogP contribution in [0.2, 0.25) is 0 Å². The Morgan fingerprint density at radius 3 is 2.28 bits per heavy atom. The molecule has 1 aliphatic rings. The second-order valence-electron chi connectivity index (χ2n) is 7.86. The van der Waals surface area contributed by atoms with Crippen LogP contribution in [0.4, 0.5) is 5.69 Å². The number of anilines is 1. The monoisotopic (exact) mass is 394 g/mol. The first-order chi connectivity index (χ1) is 14.0. The number of rotatable bonds is 8. The molecule has 0 aliphatic carbocycles. The number of nitrogens with zero attached hydrogens (tertiary/aromatic N) is 1. The number of hydrogen-bond acceptors (Lipinski definition) is 4.